The SMILES string of the molecule is COc1c(C)c(C)c(OC)c(CC[C@](C)(O)COS(=O)(=O)Cc2ccccc2)c1C. The number of hydrogen-bond donors (Lipinski definition) is 1. The Kier molecular flexibility index (Phi) is 7.91. The molecule has 2 rings (SSSR count). The molecule has 30 heavy (non-hydrogen) atoms. The van der Waals surface area contributed by atoms with Gasteiger partial charge in [0.1, 0.15) is 17.3 Å². The van der Waals surface area contributed by atoms with Crippen molar-refractivity contribution in [3.63, 3.8) is 0 Å². The lowest BCUT2D eigenvalue weighted by atomic mass is 9.91. The lowest BCUT2D eigenvalue weighted by molar-refractivity contribution is 0.00646. The van der Waals surface area contributed by atoms with Crippen molar-refractivity contribution in [2.24, 2.45) is 0 Å². The van der Waals surface area contributed by atoms with Crippen LogP contribution in [-0.2, 0) is 26.5 Å². The molecule has 0 bridgehead atoms. The maximum absolute atomic E-state index is 12.3. The molecule has 0 amide bonds. The molecule has 0 aliphatic heterocycles. The molecule has 2 aromatic carbocycles. The predicted molar refractivity (Wildman–Crippen MR) is 118 cm³/mol. The van der Waals surface area contributed by atoms with E-state index >= 15 is 0 Å². The van der Waals surface area contributed by atoms with Crippen LogP contribution in [0.1, 0.15) is 41.2 Å². The number of rotatable bonds is 10. The zero-order chi connectivity index (χ0) is 22.5. The number of hydrogen-bond acceptors (Lipinski definition) is 6. The highest BCUT2D eigenvalue weighted by Crippen LogP contribution is 2.38. The fraction of sp³-hybridized carbons (Fsp3) is 0.478. The van der Waals surface area contributed by atoms with E-state index in [4.69, 9.17) is 13.7 Å². The lowest BCUT2D eigenvalue weighted by Crippen LogP contribution is -2.33. The van der Waals surface area contributed by atoms with Crippen LogP contribution in [-0.4, -0.2) is 40.0 Å². The molecule has 166 valence electrons. The van der Waals surface area contributed by atoms with Gasteiger partial charge in [0.2, 0.25) is 0 Å². The molecule has 0 fully saturated rings. The van der Waals surface area contributed by atoms with Gasteiger partial charge in [0.05, 0.1) is 26.4 Å². The number of methoxy groups -OCH3 is 2. The summed E-state index contributed by atoms with van der Waals surface area (Å²) in [5, 5.41) is 10.7. The van der Waals surface area contributed by atoms with Crippen molar-refractivity contribution >= 4 is 10.1 Å². The van der Waals surface area contributed by atoms with Gasteiger partial charge in [0, 0.05) is 5.56 Å². The smallest absolute Gasteiger partial charge is 0.271 e. The first-order valence-corrected chi connectivity index (χ1v) is 11.4. The molecule has 0 heterocycles. The minimum absolute atomic E-state index is 0.231. The van der Waals surface area contributed by atoms with Crippen LogP contribution in [0, 0.1) is 20.8 Å². The van der Waals surface area contributed by atoms with Crippen molar-refractivity contribution in [1.82, 2.24) is 0 Å². The molecule has 7 heteroatoms. The van der Waals surface area contributed by atoms with Crippen molar-refractivity contribution in [1.29, 1.82) is 0 Å². The first-order chi connectivity index (χ1) is 14.0. The van der Waals surface area contributed by atoms with E-state index in [0.29, 0.717) is 18.4 Å². The Morgan fingerprint density at radius 1 is 0.933 bits per heavy atom. The van der Waals surface area contributed by atoms with Crippen LogP contribution in [0.2, 0.25) is 0 Å². The molecule has 0 saturated heterocycles. The third-order valence-corrected chi connectivity index (χ3v) is 6.53. The van der Waals surface area contributed by atoms with Gasteiger partial charge in [-0.15, -0.1) is 0 Å². The summed E-state index contributed by atoms with van der Waals surface area (Å²) >= 11 is 0. The van der Waals surface area contributed by atoms with E-state index in [1.165, 1.54) is 0 Å². The van der Waals surface area contributed by atoms with E-state index in [1.807, 2.05) is 26.8 Å². The fourth-order valence-corrected chi connectivity index (χ4v) is 4.66. The summed E-state index contributed by atoms with van der Waals surface area (Å²) in [7, 11) is -0.548. The Morgan fingerprint density at radius 3 is 2.07 bits per heavy atom. The molecule has 0 unspecified atom stereocenters. The summed E-state index contributed by atoms with van der Waals surface area (Å²) in [4.78, 5) is 0. The van der Waals surface area contributed by atoms with Gasteiger partial charge >= 0.3 is 0 Å². The van der Waals surface area contributed by atoms with E-state index in [9.17, 15) is 13.5 Å². The maximum Gasteiger partial charge on any atom is 0.271 e. The lowest BCUT2D eigenvalue weighted by Gasteiger charge is -2.25. The number of ether oxygens (including phenoxy) is 2. The zero-order valence-corrected chi connectivity index (χ0v) is 19.4. The largest absolute Gasteiger partial charge is 0.496 e. The van der Waals surface area contributed by atoms with Gasteiger partial charge in [-0.2, -0.15) is 8.42 Å². The van der Waals surface area contributed by atoms with Crippen molar-refractivity contribution in [2.45, 2.75) is 51.9 Å². The molecule has 2 aromatic rings. The molecule has 0 saturated carbocycles. The van der Waals surface area contributed by atoms with Gasteiger partial charge < -0.3 is 14.6 Å². The van der Waals surface area contributed by atoms with E-state index < -0.39 is 15.7 Å². The Balaban J connectivity index is 2.10. The van der Waals surface area contributed by atoms with E-state index in [0.717, 1.165) is 33.8 Å². The van der Waals surface area contributed by atoms with Crippen molar-refractivity contribution < 1.29 is 27.2 Å². The zero-order valence-electron chi connectivity index (χ0n) is 18.6. The van der Waals surface area contributed by atoms with E-state index in [2.05, 4.69) is 0 Å². The molecular weight excluding hydrogens is 404 g/mol. The van der Waals surface area contributed by atoms with Crippen LogP contribution in [0.25, 0.3) is 0 Å². The van der Waals surface area contributed by atoms with Gasteiger partial charge in [-0.25, -0.2) is 0 Å². The van der Waals surface area contributed by atoms with Gasteiger partial charge in [-0.1, -0.05) is 30.3 Å². The second-order valence-electron chi connectivity index (χ2n) is 7.87. The van der Waals surface area contributed by atoms with Crippen LogP contribution in [0.5, 0.6) is 11.5 Å². The molecule has 0 aliphatic rings. The number of benzene rings is 2. The first-order valence-electron chi connectivity index (χ1n) is 9.85. The Bertz CT molecular complexity index is 965. The third-order valence-electron chi connectivity index (χ3n) is 5.37. The predicted octanol–water partition coefficient (Wildman–Crippen LogP) is 3.86. The highest BCUT2D eigenvalue weighted by molar-refractivity contribution is 7.85. The summed E-state index contributed by atoms with van der Waals surface area (Å²) in [5.41, 5.74) is 3.19. The standard InChI is InChI=1S/C23H32O6S/c1-16-17(2)22(28-6)20(18(3)21(16)27-5)12-13-23(4,24)15-29-30(25,26)14-19-10-8-7-9-11-19/h7-11,24H,12-15H2,1-6H3/t23-/m0/s1. The van der Waals surface area contributed by atoms with E-state index in [-0.39, 0.29) is 12.4 Å². The van der Waals surface area contributed by atoms with Gasteiger partial charge in [0.15, 0.2) is 0 Å². The van der Waals surface area contributed by atoms with E-state index in [1.54, 1.807) is 45.4 Å². The Hall–Kier alpha value is -2.09. The molecule has 1 atom stereocenters. The summed E-state index contributed by atoms with van der Waals surface area (Å²) in [6, 6.07) is 8.81. The molecule has 0 aromatic heterocycles. The number of aliphatic hydroxyl groups is 1. The minimum Gasteiger partial charge on any atom is -0.496 e. The van der Waals surface area contributed by atoms with Gasteiger partial charge in [0.25, 0.3) is 10.1 Å². The molecule has 0 spiro atoms. The quantitative estimate of drug-likeness (QED) is 0.570. The van der Waals surface area contributed by atoms with Gasteiger partial charge in [-0.05, 0) is 62.8 Å². The second kappa shape index (κ2) is 9.81. The average Bonchev–Trinajstić information content (AvgIpc) is 2.69. The fourth-order valence-electron chi connectivity index (χ4n) is 3.54. The molecule has 0 radical (unpaired) electrons. The molecule has 0 aliphatic carbocycles. The monoisotopic (exact) mass is 436 g/mol. The van der Waals surface area contributed by atoms with Crippen LogP contribution in [0.3, 0.4) is 0 Å². The highest BCUT2D eigenvalue weighted by atomic mass is 32.2. The second-order valence-corrected chi connectivity index (χ2v) is 9.51. The topological polar surface area (TPSA) is 82.1 Å². The van der Waals surface area contributed by atoms with Crippen LogP contribution in [0.4, 0.5) is 0 Å². The summed E-state index contributed by atoms with van der Waals surface area (Å²) in [6.07, 6.45) is 0.790. The van der Waals surface area contributed by atoms with Crippen molar-refractivity contribution in [3.05, 3.63) is 58.1 Å². The first kappa shape index (κ1) is 24.2. The van der Waals surface area contributed by atoms with Crippen molar-refractivity contribution in [3.8, 4) is 11.5 Å². The average molecular weight is 437 g/mol. The molecular formula is C23H32O6S. The van der Waals surface area contributed by atoms with Crippen molar-refractivity contribution in [2.75, 3.05) is 20.8 Å². The Morgan fingerprint density at radius 2 is 1.50 bits per heavy atom. The normalized spacial score (nSPS) is 13.7. The maximum atomic E-state index is 12.3. The minimum atomic E-state index is -3.80. The molecule has 1 N–H and O–H groups in total. The van der Waals surface area contributed by atoms with Crippen LogP contribution < -0.4 is 9.47 Å². The Labute approximate surface area is 179 Å². The summed E-state index contributed by atoms with van der Waals surface area (Å²) < 4.78 is 40.8. The van der Waals surface area contributed by atoms with Crippen LogP contribution >= 0.6 is 0 Å². The van der Waals surface area contributed by atoms with Crippen LogP contribution in [0.15, 0.2) is 30.3 Å². The molecule has 6 nitrogen and oxygen atoms in total. The summed E-state index contributed by atoms with van der Waals surface area (Å²) in [5.74, 6) is 1.33. The van der Waals surface area contributed by atoms with Gasteiger partial charge in [-0.3, -0.25) is 4.18 Å². The highest BCUT2D eigenvalue weighted by Gasteiger charge is 2.27. The summed E-state index contributed by atoms with van der Waals surface area (Å²) in [6.45, 7) is 7.17. The third kappa shape index (κ3) is 5.97.